The molecule has 2 aromatic rings. The van der Waals surface area contributed by atoms with Crippen molar-refractivity contribution in [1.82, 2.24) is 0 Å². The number of hydrogen-bond acceptors (Lipinski definition) is 3. The van der Waals surface area contributed by atoms with Crippen molar-refractivity contribution < 1.29 is 18.7 Å². The number of carbonyl (C=O) groups is 2. The fraction of sp³-hybridized carbons (Fsp3) is 0.417. The second kappa shape index (κ2) is 8.36. The van der Waals surface area contributed by atoms with Crippen molar-refractivity contribution in [2.75, 3.05) is 11.9 Å². The van der Waals surface area contributed by atoms with Gasteiger partial charge in [-0.05, 0) is 53.6 Å². The van der Waals surface area contributed by atoms with Crippen molar-refractivity contribution in [3.63, 3.8) is 0 Å². The molecule has 1 aliphatic rings. The Morgan fingerprint density at radius 1 is 1.00 bits per heavy atom. The Bertz CT molecular complexity index is 860. The fourth-order valence-electron chi connectivity index (χ4n) is 3.88. The van der Waals surface area contributed by atoms with Gasteiger partial charge in [-0.15, -0.1) is 0 Å². The molecule has 2 aromatic carbocycles. The van der Waals surface area contributed by atoms with Gasteiger partial charge in [0.1, 0.15) is 5.82 Å². The maximum absolute atomic E-state index is 13.3. The van der Waals surface area contributed by atoms with Gasteiger partial charge in [0.2, 0.25) is 0 Å². The number of anilines is 1. The van der Waals surface area contributed by atoms with E-state index in [1.54, 1.807) is 12.1 Å². The van der Waals surface area contributed by atoms with Crippen molar-refractivity contribution in [3.05, 3.63) is 65.5 Å². The van der Waals surface area contributed by atoms with Crippen molar-refractivity contribution >= 4 is 17.6 Å². The first-order valence-corrected chi connectivity index (χ1v) is 10.0. The maximum Gasteiger partial charge on any atom is 0.317 e. The number of halogens is 1. The molecule has 0 saturated heterocycles. The molecule has 4 nitrogen and oxygen atoms in total. The number of rotatable bonds is 5. The molecule has 0 aromatic heterocycles. The average Bonchev–Trinajstić information content (AvgIpc) is 3.17. The minimum atomic E-state index is -0.789. The van der Waals surface area contributed by atoms with Crippen molar-refractivity contribution in [2.24, 2.45) is 0 Å². The van der Waals surface area contributed by atoms with Crippen LogP contribution in [0.2, 0.25) is 0 Å². The van der Waals surface area contributed by atoms with Gasteiger partial charge in [0.25, 0.3) is 5.91 Å². The Labute approximate surface area is 171 Å². The van der Waals surface area contributed by atoms with Crippen LogP contribution in [0.5, 0.6) is 0 Å². The number of carbonyl (C=O) groups excluding carboxylic acids is 2. The monoisotopic (exact) mass is 397 g/mol. The second-order valence-corrected chi connectivity index (χ2v) is 8.75. The van der Waals surface area contributed by atoms with Crippen molar-refractivity contribution in [2.45, 2.75) is 57.3 Å². The first-order valence-electron chi connectivity index (χ1n) is 10.0. The Kier molecular flexibility index (Phi) is 6.06. The molecule has 0 radical (unpaired) electrons. The molecule has 3 rings (SSSR count). The molecule has 0 unspecified atom stereocenters. The van der Waals surface area contributed by atoms with Crippen LogP contribution in [0.15, 0.2) is 48.5 Å². The largest absolute Gasteiger partial charge is 0.455 e. The van der Waals surface area contributed by atoms with Crippen LogP contribution in [0.25, 0.3) is 0 Å². The third-order valence-corrected chi connectivity index (χ3v) is 5.61. The van der Waals surface area contributed by atoms with E-state index in [1.165, 1.54) is 17.7 Å². The highest BCUT2D eigenvalue weighted by molar-refractivity contribution is 5.94. The minimum absolute atomic E-state index is 0.0357. The lowest BCUT2D eigenvalue weighted by atomic mass is 9.79. The van der Waals surface area contributed by atoms with Gasteiger partial charge >= 0.3 is 5.97 Å². The lowest BCUT2D eigenvalue weighted by molar-refractivity contribution is -0.153. The molecule has 1 fully saturated rings. The number of ether oxygens (including phenoxy) is 1. The predicted octanol–water partition coefficient (Wildman–Crippen LogP) is 5.12. The van der Waals surface area contributed by atoms with Gasteiger partial charge in [-0.3, -0.25) is 9.59 Å². The SMILES string of the molecule is CC(C)(C)c1ccc(NC(=O)COC(=O)C2(c3ccc(F)cc3)CCCC2)cc1. The van der Waals surface area contributed by atoms with Crippen molar-refractivity contribution in [1.29, 1.82) is 0 Å². The number of nitrogens with one attached hydrogen (secondary N) is 1. The van der Waals surface area contributed by atoms with Crippen LogP contribution in [0, 0.1) is 5.82 Å². The van der Waals surface area contributed by atoms with Gasteiger partial charge in [0.15, 0.2) is 6.61 Å². The average molecular weight is 397 g/mol. The lowest BCUT2D eigenvalue weighted by Crippen LogP contribution is -2.36. The molecular formula is C24H28FNO3. The molecule has 0 heterocycles. The van der Waals surface area contributed by atoms with Gasteiger partial charge in [-0.2, -0.15) is 0 Å². The quantitative estimate of drug-likeness (QED) is 0.713. The summed E-state index contributed by atoms with van der Waals surface area (Å²) in [6.45, 7) is 6.03. The van der Waals surface area contributed by atoms with Gasteiger partial charge in [-0.25, -0.2) is 4.39 Å². The highest BCUT2D eigenvalue weighted by Gasteiger charge is 2.44. The molecular weight excluding hydrogens is 369 g/mol. The number of hydrogen-bond donors (Lipinski definition) is 1. The summed E-state index contributed by atoms with van der Waals surface area (Å²) < 4.78 is 18.7. The fourth-order valence-corrected chi connectivity index (χ4v) is 3.88. The van der Waals surface area contributed by atoms with Crippen LogP contribution in [-0.2, 0) is 25.2 Å². The van der Waals surface area contributed by atoms with Crippen LogP contribution in [0.4, 0.5) is 10.1 Å². The molecule has 0 bridgehead atoms. The molecule has 1 amide bonds. The van der Waals surface area contributed by atoms with E-state index in [-0.39, 0.29) is 23.7 Å². The molecule has 1 aliphatic carbocycles. The Balaban J connectivity index is 1.61. The van der Waals surface area contributed by atoms with Gasteiger partial charge in [0.05, 0.1) is 5.41 Å². The normalized spacial score (nSPS) is 15.7. The van der Waals surface area contributed by atoms with E-state index in [0.29, 0.717) is 18.5 Å². The topological polar surface area (TPSA) is 55.4 Å². The smallest absolute Gasteiger partial charge is 0.317 e. The van der Waals surface area contributed by atoms with Crippen LogP contribution in [0.1, 0.15) is 57.6 Å². The Morgan fingerprint density at radius 3 is 2.14 bits per heavy atom. The summed E-state index contributed by atoms with van der Waals surface area (Å²) in [4.78, 5) is 25.1. The van der Waals surface area contributed by atoms with E-state index in [9.17, 15) is 14.0 Å². The summed E-state index contributed by atoms with van der Waals surface area (Å²) in [5.41, 5.74) is 1.83. The molecule has 1 saturated carbocycles. The molecule has 5 heteroatoms. The number of amides is 1. The van der Waals surface area contributed by atoms with E-state index in [2.05, 4.69) is 26.1 Å². The Hall–Kier alpha value is -2.69. The molecule has 0 aliphatic heterocycles. The third kappa shape index (κ3) is 4.84. The Morgan fingerprint density at radius 2 is 1.59 bits per heavy atom. The second-order valence-electron chi connectivity index (χ2n) is 8.75. The summed E-state index contributed by atoms with van der Waals surface area (Å²) in [7, 11) is 0. The van der Waals surface area contributed by atoms with Gasteiger partial charge in [-0.1, -0.05) is 57.9 Å². The lowest BCUT2D eigenvalue weighted by Gasteiger charge is -2.27. The summed E-state index contributed by atoms with van der Waals surface area (Å²) >= 11 is 0. The zero-order valence-corrected chi connectivity index (χ0v) is 17.3. The van der Waals surface area contributed by atoms with Crippen molar-refractivity contribution in [3.8, 4) is 0 Å². The summed E-state index contributed by atoms with van der Waals surface area (Å²) in [5, 5.41) is 2.76. The first-order chi connectivity index (χ1) is 13.7. The zero-order chi connectivity index (χ0) is 21.1. The van der Waals surface area contributed by atoms with E-state index >= 15 is 0 Å². The van der Waals surface area contributed by atoms with E-state index < -0.39 is 11.4 Å². The zero-order valence-electron chi connectivity index (χ0n) is 17.3. The molecule has 1 N–H and O–H groups in total. The van der Waals surface area contributed by atoms with E-state index in [1.807, 2.05) is 24.3 Å². The van der Waals surface area contributed by atoms with Crippen LogP contribution in [-0.4, -0.2) is 18.5 Å². The number of benzene rings is 2. The standard InChI is InChI=1S/C24H28FNO3/c1-23(2,3)17-8-12-20(13-9-17)26-21(27)16-29-22(28)24(14-4-5-15-24)18-6-10-19(25)11-7-18/h6-13H,4-5,14-16H2,1-3H3,(H,26,27). The van der Waals surface area contributed by atoms with Gasteiger partial charge in [0, 0.05) is 5.69 Å². The summed E-state index contributed by atoms with van der Waals surface area (Å²) in [6, 6.07) is 13.6. The highest BCUT2D eigenvalue weighted by atomic mass is 19.1. The summed E-state index contributed by atoms with van der Waals surface area (Å²) in [6.07, 6.45) is 3.10. The first kappa shape index (κ1) is 21.0. The third-order valence-electron chi connectivity index (χ3n) is 5.61. The minimum Gasteiger partial charge on any atom is -0.455 e. The number of esters is 1. The molecule has 154 valence electrons. The highest BCUT2D eigenvalue weighted by Crippen LogP contribution is 2.42. The molecule has 0 spiro atoms. The molecule has 0 atom stereocenters. The van der Waals surface area contributed by atoms with Crippen LogP contribution < -0.4 is 5.32 Å². The molecule has 29 heavy (non-hydrogen) atoms. The van der Waals surface area contributed by atoms with E-state index in [4.69, 9.17) is 4.74 Å². The van der Waals surface area contributed by atoms with E-state index in [0.717, 1.165) is 18.4 Å². The van der Waals surface area contributed by atoms with Gasteiger partial charge < -0.3 is 10.1 Å². The predicted molar refractivity (Wildman–Crippen MR) is 111 cm³/mol. The van der Waals surface area contributed by atoms with Crippen LogP contribution in [0.3, 0.4) is 0 Å². The summed E-state index contributed by atoms with van der Waals surface area (Å²) in [5.74, 6) is -1.14. The van der Waals surface area contributed by atoms with Crippen LogP contribution >= 0.6 is 0 Å². The maximum atomic E-state index is 13.3.